The van der Waals surface area contributed by atoms with Crippen molar-refractivity contribution in [1.82, 2.24) is 0 Å². The molecule has 0 rings (SSSR count). The van der Waals surface area contributed by atoms with Gasteiger partial charge in [-0.15, -0.1) is 0 Å². The van der Waals surface area contributed by atoms with Crippen LogP contribution in [0.3, 0.4) is 0 Å². The summed E-state index contributed by atoms with van der Waals surface area (Å²) in [6.45, 7) is 9.42. The second kappa shape index (κ2) is 60.3. The van der Waals surface area contributed by atoms with Gasteiger partial charge in [0.25, 0.3) is 0 Å². The lowest BCUT2D eigenvalue weighted by atomic mass is 10.0. The van der Waals surface area contributed by atoms with Gasteiger partial charge in [0.05, 0.1) is 26.4 Å². The fourth-order valence-corrected chi connectivity index (χ4v) is 11.8. The molecule has 87 heavy (non-hydrogen) atoms. The van der Waals surface area contributed by atoms with Crippen molar-refractivity contribution in [2.75, 3.05) is 39.6 Å². The van der Waals surface area contributed by atoms with Crippen LogP contribution in [0, 0.1) is 11.8 Å². The van der Waals surface area contributed by atoms with Crippen LogP contribution < -0.4 is 0 Å². The summed E-state index contributed by atoms with van der Waals surface area (Å²) in [4.78, 5) is 72.3. The molecule has 0 saturated heterocycles. The molecule has 0 heterocycles. The monoisotopic (exact) mass is 1280 g/mol. The van der Waals surface area contributed by atoms with Crippen LogP contribution in [-0.2, 0) is 65.4 Å². The molecule has 2 unspecified atom stereocenters. The average molecular weight is 1280 g/mol. The molecule has 19 heteroatoms. The van der Waals surface area contributed by atoms with Crippen molar-refractivity contribution in [3.05, 3.63) is 0 Å². The van der Waals surface area contributed by atoms with E-state index in [1.165, 1.54) is 154 Å². The van der Waals surface area contributed by atoms with Gasteiger partial charge in [-0.05, 0) is 37.5 Å². The molecule has 5 atom stereocenters. The summed E-state index contributed by atoms with van der Waals surface area (Å²) in [7, 11) is -9.89. The lowest BCUT2D eigenvalue weighted by Crippen LogP contribution is -2.30. The van der Waals surface area contributed by atoms with Gasteiger partial charge in [0.1, 0.15) is 19.3 Å². The number of unbranched alkanes of at least 4 members (excludes halogenated alkanes) is 37. The molecule has 0 radical (unpaired) electrons. The first-order valence-electron chi connectivity index (χ1n) is 35.5. The second-order valence-electron chi connectivity index (χ2n) is 25.5. The minimum atomic E-state index is -4.95. The van der Waals surface area contributed by atoms with E-state index in [0.717, 1.165) is 102 Å². The van der Waals surface area contributed by atoms with Gasteiger partial charge in [-0.1, -0.05) is 292 Å². The number of hydrogen-bond donors (Lipinski definition) is 3. The molecule has 0 aromatic rings. The van der Waals surface area contributed by atoms with Gasteiger partial charge >= 0.3 is 39.5 Å². The highest BCUT2D eigenvalue weighted by Gasteiger charge is 2.30. The molecule has 0 aliphatic heterocycles. The van der Waals surface area contributed by atoms with Gasteiger partial charge in [-0.25, -0.2) is 9.13 Å². The lowest BCUT2D eigenvalue weighted by molar-refractivity contribution is -0.161. The van der Waals surface area contributed by atoms with Crippen LogP contribution >= 0.6 is 15.6 Å². The van der Waals surface area contributed by atoms with Gasteiger partial charge in [-0.3, -0.25) is 37.3 Å². The van der Waals surface area contributed by atoms with Gasteiger partial charge in [0, 0.05) is 25.7 Å². The zero-order chi connectivity index (χ0) is 64.3. The zero-order valence-electron chi connectivity index (χ0n) is 56.3. The largest absolute Gasteiger partial charge is 0.472 e. The summed E-state index contributed by atoms with van der Waals surface area (Å²) in [5, 5.41) is 10.6. The Balaban J connectivity index is 5.21. The van der Waals surface area contributed by atoms with E-state index in [1.807, 2.05) is 0 Å². The molecular formula is C68H132O17P2. The molecular weight excluding hydrogens is 1150 g/mol. The Morgan fingerprint density at radius 2 is 0.529 bits per heavy atom. The van der Waals surface area contributed by atoms with Gasteiger partial charge in [0.15, 0.2) is 12.2 Å². The average Bonchev–Trinajstić information content (AvgIpc) is 3.64. The number of rotatable bonds is 67. The van der Waals surface area contributed by atoms with E-state index in [2.05, 4.69) is 41.5 Å². The van der Waals surface area contributed by atoms with Crippen LogP contribution in [0.2, 0.25) is 0 Å². The number of aliphatic hydroxyl groups excluding tert-OH is 1. The van der Waals surface area contributed by atoms with Crippen LogP contribution in [-0.4, -0.2) is 96.7 Å². The molecule has 0 amide bonds. The summed E-state index contributed by atoms with van der Waals surface area (Å²) >= 11 is 0. The predicted molar refractivity (Wildman–Crippen MR) is 349 cm³/mol. The first kappa shape index (κ1) is 85.1. The fourth-order valence-electron chi connectivity index (χ4n) is 10.2. The van der Waals surface area contributed by atoms with Crippen LogP contribution in [0.25, 0.3) is 0 Å². The van der Waals surface area contributed by atoms with Crippen LogP contribution in [0.5, 0.6) is 0 Å². The van der Waals surface area contributed by atoms with E-state index >= 15 is 0 Å². The van der Waals surface area contributed by atoms with Crippen molar-refractivity contribution in [3.63, 3.8) is 0 Å². The minimum Gasteiger partial charge on any atom is -0.462 e. The lowest BCUT2D eigenvalue weighted by Gasteiger charge is -2.21. The van der Waals surface area contributed by atoms with E-state index in [4.69, 9.17) is 37.0 Å². The minimum absolute atomic E-state index is 0.103. The molecule has 0 saturated carbocycles. The van der Waals surface area contributed by atoms with Crippen molar-refractivity contribution in [2.24, 2.45) is 11.8 Å². The summed E-state index contributed by atoms with van der Waals surface area (Å²) in [5.41, 5.74) is 0. The van der Waals surface area contributed by atoms with Crippen LogP contribution in [0.15, 0.2) is 0 Å². The number of carbonyl (C=O) groups is 4. The summed E-state index contributed by atoms with van der Waals surface area (Å²) in [5.74, 6) is -0.692. The highest BCUT2D eigenvalue weighted by Crippen LogP contribution is 2.45. The number of hydrogen-bond acceptors (Lipinski definition) is 15. The Morgan fingerprint density at radius 3 is 0.782 bits per heavy atom. The normalized spacial score (nSPS) is 14.2. The third-order valence-electron chi connectivity index (χ3n) is 15.7. The first-order chi connectivity index (χ1) is 41.9. The van der Waals surface area contributed by atoms with Gasteiger partial charge in [0.2, 0.25) is 0 Å². The SMILES string of the molecule is CCCCCCCCCCCCCCCCCCCC(=O)O[C@H](COC(=O)CCCCCCCCCCCC(C)C)COP(=O)(O)OC[C@@H](O)COP(=O)(O)OC[C@@H](COC(=O)CCCCCCCCCC)OC(=O)CCCCCCCCCC(C)C. The molecule has 0 fully saturated rings. The zero-order valence-corrected chi connectivity index (χ0v) is 58.1. The summed E-state index contributed by atoms with van der Waals surface area (Å²) in [6.07, 6.45) is 44.6. The maximum Gasteiger partial charge on any atom is 0.472 e. The quantitative estimate of drug-likeness (QED) is 0.0222. The molecule has 3 N–H and O–H groups in total. The number of phosphoric ester groups is 2. The molecule has 0 aliphatic carbocycles. The van der Waals surface area contributed by atoms with Crippen molar-refractivity contribution in [1.29, 1.82) is 0 Å². The first-order valence-corrected chi connectivity index (χ1v) is 38.5. The number of aliphatic hydroxyl groups is 1. The maximum absolute atomic E-state index is 13.0. The van der Waals surface area contributed by atoms with Crippen LogP contribution in [0.1, 0.15) is 343 Å². The Labute approximate surface area is 530 Å². The van der Waals surface area contributed by atoms with E-state index in [9.17, 15) is 43.2 Å². The number of phosphoric acid groups is 2. The topological polar surface area (TPSA) is 237 Å². The standard InChI is InChI=1S/C68H132O17P2/c1-7-9-11-13-15-17-18-19-20-21-22-23-24-27-34-40-46-52-67(72)84-63(57-79-66(71)51-45-39-33-28-25-26-30-36-42-48-60(3)4)58-82-86(74,75)80-54-62(69)55-81-87(76,77)83-59-64(56-78-65(70)50-44-38-32-16-14-12-10-8-2)85-68(73)53-47-41-35-29-31-37-43-49-61(5)6/h60-64,69H,7-59H2,1-6H3,(H,74,75)(H,76,77)/t62-,63-,64-/m1/s1. The van der Waals surface area contributed by atoms with E-state index in [-0.39, 0.29) is 25.7 Å². The van der Waals surface area contributed by atoms with Crippen LogP contribution in [0.4, 0.5) is 0 Å². The number of carbonyl (C=O) groups excluding carboxylic acids is 4. The fraction of sp³-hybridized carbons (Fsp3) is 0.941. The van der Waals surface area contributed by atoms with Crippen molar-refractivity contribution in [2.45, 2.75) is 362 Å². The van der Waals surface area contributed by atoms with Crippen molar-refractivity contribution in [3.8, 4) is 0 Å². The molecule has 516 valence electrons. The summed E-state index contributed by atoms with van der Waals surface area (Å²) < 4.78 is 68.1. The smallest absolute Gasteiger partial charge is 0.462 e. The Morgan fingerprint density at radius 1 is 0.310 bits per heavy atom. The summed E-state index contributed by atoms with van der Waals surface area (Å²) in [6, 6.07) is 0. The third kappa shape index (κ3) is 62.6. The van der Waals surface area contributed by atoms with Crippen molar-refractivity contribution < 1.29 is 80.2 Å². The molecule has 0 aromatic carbocycles. The maximum atomic E-state index is 13.0. The Bertz CT molecular complexity index is 1700. The molecule has 0 bridgehead atoms. The highest BCUT2D eigenvalue weighted by molar-refractivity contribution is 7.47. The molecule has 17 nitrogen and oxygen atoms in total. The number of ether oxygens (including phenoxy) is 4. The second-order valence-corrected chi connectivity index (χ2v) is 28.4. The third-order valence-corrected chi connectivity index (χ3v) is 17.6. The van der Waals surface area contributed by atoms with Crippen molar-refractivity contribution >= 4 is 39.5 Å². The highest BCUT2D eigenvalue weighted by atomic mass is 31.2. The molecule has 0 aromatic heterocycles. The Kier molecular flexibility index (Phi) is 59.0. The molecule has 0 aliphatic rings. The molecule has 0 spiro atoms. The number of esters is 4. The Hall–Kier alpha value is -1.94. The van der Waals surface area contributed by atoms with E-state index in [1.54, 1.807) is 0 Å². The predicted octanol–water partition coefficient (Wildman–Crippen LogP) is 19.2. The van der Waals surface area contributed by atoms with E-state index < -0.39 is 97.5 Å². The van der Waals surface area contributed by atoms with Gasteiger partial charge < -0.3 is 33.8 Å². The van der Waals surface area contributed by atoms with E-state index in [0.29, 0.717) is 31.6 Å². The van der Waals surface area contributed by atoms with Gasteiger partial charge in [-0.2, -0.15) is 0 Å².